The van der Waals surface area contributed by atoms with Gasteiger partial charge in [0.1, 0.15) is 0 Å². The molecule has 0 aliphatic carbocycles. The summed E-state index contributed by atoms with van der Waals surface area (Å²) in [6.07, 6.45) is 0. The van der Waals surface area contributed by atoms with Crippen LogP contribution in [0.3, 0.4) is 0 Å². The second kappa shape index (κ2) is 9.69. The summed E-state index contributed by atoms with van der Waals surface area (Å²) in [5.74, 6) is 0. The second-order valence-electron chi connectivity index (χ2n) is 12.2. The maximum Gasteiger partial charge on any atom is 0.0547 e. The van der Waals surface area contributed by atoms with Crippen molar-refractivity contribution in [2.75, 3.05) is 0 Å². The Morgan fingerprint density at radius 1 is 0.283 bits per heavy atom. The van der Waals surface area contributed by atoms with E-state index in [1.165, 1.54) is 87.7 Å². The van der Waals surface area contributed by atoms with Crippen LogP contribution in [0.1, 0.15) is 0 Å². The molecule has 10 aromatic rings. The van der Waals surface area contributed by atoms with E-state index in [0.29, 0.717) is 0 Å². The Balaban J connectivity index is 1.18. The number of para-hydroxylation sites is 3. The van der Waals surface area contributed by atoms with E-state index in [9.17, 15) is 0 Å². The Kier molecular flexibility index (Phi) is 5.31. The van der Waals surface area contributed by atoms with Crippen molar-refractivity contribution in [3.63, 3.8) is 0 Å². The molecule has 0 spiro atoms. The van der Waals surface area contributed by atoms with E-state index in [-0.39, 0.29) is 0 Å². The normalized spacial score (nSPS) is 11.9. The highest BCUT2D eigenvalue weighted by molar-refractivity contribution is 6.23. The number of aromatic nitrogens is 2. The van der Waals surface area contributed by atoms with Gasteiger partial charge in [0.15, 0.2) is 0 Å². The van der Waals surface area contributed by atoms with E-state index < -0.39 is 0 Å². The zero-order valence-electron chi connectivity index (χ0n) is 25.1. The Hall–Kier alpha value is -6.12. The third-order valence-corrected chi connectivity index (χ3v) is 9.67. The molecule has 2 heteroatoms. The predicted molar refractivity (Wildman–Crippen MR) is 196 cm³/mol. The van der Waals surface area contributed by atoms with Crippen molar-refractivity contribution in [1.29, 1.82) is 0 Å². The van der Waals surface area contributed by atoms with Gasteiger partial charge in [0.05, 0.1) is 22.1 Å². The Bertz CT molecular complexity index is 2730. The van der Waals surface area contributed by atoms with Gasteiger partial charge in [-0.05, 0) is 93.3 Å². The van der Waals surface area contributed by atoms with Crippen LogP contribution in [0.4, 0.5) is 0 Å². The number of rotatable bonds is 3. The van der Waals surface area contributed by atoms with Crippen molar-refractivity contribution >= 4 is 65.2 Å². The average Bonchev–Trinajstić information content (AvgIpc) is 3.64. The quantitative estimate of drug-likeness (QED) is 0.183. The van der Waals surface area contributed by atoms with Gasteiger partial charge in [0.25, 0.3) is 0 Å². The lowest BCUT2D eigenvalue weighted by atomic mass is 9.98. The van der Waals surface area contributed by atoms with E-state index in [4.69, 9.17) is 0 Å². The molecule has 0 radical (unpaired) electrons. The topological polar surface area (TPSA) is 9.86 Å². The SMILES string of the molecule is c1ccc(-n2c3cc(-c4ccc(-n5c6ccccc6c6ccccc65)cc4)ccc3c3c4cc5ccccc5cc4ccc32)cc1. The maximum absolute atomic E-state index is 2.43. The largest absolute Gasteiger partial charge is 0.309 e. The highest BCUT2D eigenvalue weighted by Crippen LogP contribution is 2.40. The number of fused-ring (bicyclic) bond motifs is 9. The standard InChI is InChI=1S/C44H28N2/c1-2-12-34(13-3-1)46-42-25-21-33-26-30-10-4-5-11-31(30)27-39(33)44(42)38-24-20-32(28-43(38)46)29-18-22-35(23-19-29)45-40-16-8-6-14-36(40)37-15-7-9-17-41(37)45/h1-28H. The van der Waals surface area contributed by atoms with Crippen LogP contribution in [0.5, 0.6) is 0 Å². The van der Waals surface area contributed by atoms with Gasteiger partial charge in [0.2, 0.25) is 0 Å². The lowest BCUT2D eigenvalue weighted by molar-refractivity contribution is 1.18. The number of hydrogen-bond donors (Lipinski definition) is 0. The lowest BCUT2D eigenvalue weighted by Crippen LogP contribution is -1.94. The van der Waals surface area contributed by atoms with Gasteiger partial charge in [-0.25, -0.2) is 0 Å². The lowest BCUT2D eigenvalue weighted by Gasteiger charge is -2.11. The third-order valence-electron chi connectivity index (χ3n) is 9.67. The van der Waals surface area contributed by atoms with Gasteiger partial charge in [-0.2, -0.15) is 0 Å². The smallest absolute Gasteiger partial charge is 0.0547 e. The molecule has 0 aliphatic rings. The molecule has 2 nitrogen and oxygen atoms in total. The predicted octanol–water partition coefficient (Wildman–Crippen LogP) is 11.9. The highest BCUT2D eigenvalue weighted by atomic mass is 15.0. The molecular formula is C44H28N2. The number of hydrogen-bond acceptors (Lipinski definition) is 0. The van der Waals surface area contributed by atoms with Crippen LogP contribution in [0.2, 0.25) is 0 Å². The summed E-state index contributed by atoms with van der Waals surface area (Å²) in [7, 11) is 0. The van der Waals surface area contributed by atoms with Crippen LogP contribution >= 0.6 is 0 Å². The van der Waals surface area contributed by atoms with Crippen LogP contribution in [0.25, 0.3) is 87.7 Å². The Labute approximate surface area is 266 Å². The molecule has 0 saturated heterocycles. The molecule has 2 aromatic heterocycles. The van der Waals surface area contributed by atoms with Crippen LogP contribution < -0.4 is 0 Å². The summed E-state index contributed by atoms with van der Waals surface area (Å²) < 4.78 is 4.80. The molecule has 46 heavy (non-hydrogen) atoms. The average molecular weight is 585 g/mol. The first-order chi connectivity index (χ1) is 22.8. The van der Waals surface area contributed by atoms with Crippen LogP contribution in [-0.4, -0.2) is 9.13 Å². The minimum atomic E-state index is 1.17. The fraction of sp³-hybridized carbons (Fsp3) is 0. The molecule has 10 rings (SSSR count). The zero-order valence-corrected chi connectivity index (χ0v) is 25.1. The van der Waals surface area contributed by atoms with Gasteiger partial charge >= 0.3 is 0 Å². The molecule has 214 valence electrons. The fourth-order valence-corrected chi connectivity index (χ4v) is 7.57. The van der Waals surface area contributed by atoms with Crippen molar-refractivity contribution in [3.05, 3.63) is 170 Å². The van der Waals surface area contributed by atoms with E-state index in [0.717, 1.165) is 0 Å². The number of nitrogens with zero attached hydrogens (tertiary/aromatic N) is 2. The molecule has 2 heterocycles. The molecule has 0 saturated carbocycles. The van der Waals surface area contributed by atoms with E-state index in [2.05, 4.69) is 179 Å². The molecule has 0 aliphatic heterocycles. The highest BCUT2D eigenvalue weighted by Gasteiger charge is 2.17. The summed E-state index contributed by atoms with van der Waals surface area (Å²) in [6.45, 7) is 0. The fourth-order valence-electron chi connectivity index (χ4n) is 7.57. The molecule has 0 amide bonds. The molecule has 0 bridgehead atoms. The summed E-state index contributed by atoms with van der Waals surface area (Å²) in [5, 5.41) is 10.2. The number of benzene rings is 8. The van der Waals surface area contributed by atoms with Crippen LogP contribution in [-0.2, 0) is 0 Å². The Morgan fingerprint density at radius 2 is 0.870 bits per heavy atom. The first-order valence-corrected chi connectivity index (χ1v) is 15.9. The van der Waals surface area contributed by atoms with Crippen LogP contribution in [0.15, 0.2) is 170 Å². The van der Waals surface area contributed by atoms with Gasteiger partial charge < -0.3 is 9.13 Å². The molecule has 0 unspecified atom stereocenters. The second-order valence-corrected chi connectivity index (χ2v) is 12.2. The third kappa shape index (κ3) is 3.65. The zero-order chi connectivity index (χ0) is 30.2. The van der Waals surface area contributed by atoms with Crippen molar-refractivity contribution in [3.8, 4) is 22.5 Å². The van der Waals surface area contributed by atoms with Crippen molar-refractivity contribution in [1.82, 2.24) is 9.13 Å². The van der Waals surface area contributed by atoms with Gasteiger partial charge in [-0.15, -0.1) is 0 Å². The molecular weight excluding hydrogens is 556 g/mol. The van der Waals surface area contributed by atoms with Gasteiger partial charge in [-0.3, -0.25) is 0 Å². The monoisotopic (exact) mass is 584 g/mol. The van der Waals surface area contributed by atoms with E-state index >= 15 is 0 Å². The summed E-state index contributed by atoms with van der Waals surface area (Å²) in [6, 6.07) is 62.0. The molecule has 0 N–H and O–H groups in total. The minimum Gasteiger partial charge on any atom is -0.309 e. The van der Waals surface area contributed by atoms with Gasteiger partial charge in [-0.1, -0.05) is 109 Å². The molecule has 8 aromatic carbocycles. The first kappa shape index (κ1) is 25.2. The van der Waals surface area contributed by atoms with E-state index in [1.54, 1.807) is 0 Å². The van der Waals surface area contributed by atoms with E-state index in [1.807, 2.05) is 0 Å². The summed E-state index contributed by atoms with van der Waals surface area (Å²) in [5.41, 5.74) is 9.63. The Morgan fingerprint density at radius 3 is 1.61 bits per heavy atom. The van der Waals surface area contributed by atoms with Crippen LogP contribution in [0, 0.1) is 0 Å². The van der Waals surface area contributed by atoms with Gasteiger partial charge in [0, 0.05) is 32.9 Å². The minimum absolute atomic E-state index is 1.17. The molecule has 0 atom stereocenters. The summed E-state index contributed by atoms with van der Waals surface area (Å²) >= 11 is 0. The maximum atomic E-state index is 2.43. The van der Waals surface area contributed by atoms with Crippen molar-refractivity contribution < 1.29 is 0 Å². The van der Waals surface area contributed by atoms with Crippen molar-refractivity contribution in [2.24, 2.45) is 0 Å². The molecule has 0 fully saturated rings. The first-order valence-electron chi connectivity index (χ1n) is 15.9. The summed E-state index contributed by atoms with van der Waals surface area (Å²) in [4.78, 5) is 0. The van der Waals surface area contributed by atoms with Crippen molar-refractivity contribution in [2.45, 2.75) is 0 Å².